The molecule has 0 atom stereocenters. The number of hydrogen-bond donors (Lipinski definition) is 1. The number of aliphatic carboxylic acids is 1. The summed E-state index contributed by atoms with van der Waals surface area (Å²) in [6.45, 7) is 3.52. The molecule has 0 unspecified atom stereocenters. The molecular weight excluding hydrogens is 352 g/mol. The van der Waals surface area contributed by atoms with E-state index >= 15 is 0 Å². The van der Waals surface area contributed by atoms with E-state index in [-0.39, 0.29) is 18.2 Å². The van der Waals surface area contributed by atoms with E-state index in [0.717, 1.165) is 23.5 Å². The van der Waals surface area contributed by atoms with Crippen molar-refractivity contribution in [1.82, 2.24) is 9.88 Å². The van der Waals surface area contributed by atoms with E-state index in [1.165, 1.54) is 0 Å². The molecule has 0 radical (unpaired) electrons. The van der Waals surface area contributed by atoms with Gasteiger partial charge in [0, 0.05) is 30.5 Å². The number of ether oxygens (including phenoxy) is 1. The van der Waals surface area contributed by atoms with E-state index in [1.807, 2.05) is 24.4 Å². The standard InChI is InChI=1S/C19H22N2O4S/c1-13-20-16(12-26-13)11-25-17-4-2-3-15(10-17)19(24)21-7-5-14(6-8-21)9-18(22)23/h2-4,10,12,14H,5-9,11H2,1H3,(H,22,23). The van der Waals surface area contributed by atoms with Gasteiger partial charge in [0.2, 0.25) is 0 Å². The monoisotopic (exact) mass is 374 g/mol. The number of carboxylic acid groups (broad SMARTS) is 1. The van der Waals surface area contributed by atoms with Gasteiger partial charge in [-0.3, -0.25) is 9.59 Å². The van der Waals surface area contributed by atoms with Crippen molar-refractivity contribution in [1.29, 1.82) is 0 Å². The number of piperidine rings is 1. The topological polar surface area (TPSA) is 79.7 Å². The van der Waals surface area contributed by atoms with E-state index in [4.69, 9.17) is 9.84 Å². The number of carbonyl (C=O) groups is 2. The highest BCUT2D eigenvalue weighted by Crippen LogP contribution is 2.23. The molecule has 6 nitrogen and oxygen atoms in total. The number of thiazole rings is 1. The number of hydrogen-bond acceptors (Lipinski definition) is 5. The fourth-order valence-electron chi connectivity index (χ4n) is 3.12. The molecule has 0 saturated carbocycles. The molecule has 0 spiro atoms. The van der Waals surface area contributed by atoms with Gasteiger partial charge in [0.05, 0.1) is 10.7 Å². The van der Waals surface area contributed by atoms with E-state index < -0.39 is 5.97 Å². The Morgan fingerprint density at radius 1 is 1.35 bits per heavy atom. The summed E-state index contributed by atoms with van der Waals surface area (Å²) in [5.74, 6) is -0.00119. The third-order valence-corrected chi connectivity index (χ3v) is 5.32. The molecule has 1 amide bonds. The fourth-order valence-corrected chi connectivity index (χ4v) is 3.72. The third-order valence-electron chi connectivity index (χ3n) is 4.50. The van der Waals surface area contributed by atoms with Crippen molar-refractivity contribution in [3.8, 4) is 5.75 Å². The van der Waals surface area contributed by atoms with E-state index in [2.05, 4.69) is 4.98 Å². The highest BCUT2D eigenvalue weighted by atomic mass is 32.1. The van der Waals surface area contributed by atoms with E-state index in [0.29, 0.717) is 31.0 Å². The van der Waals surface area contributed by atoms with Crippen LogP contribution >= 0.6 is 11.3 Å². The summed E-state index contributed by atoms with van der Waals surface area (Å²) in [7, 11) is 0. The molecule has 1 N–H and O–H groups in total. The largest absolute Gasteiger partial charge is 0.487 e. The van der Waals surface area contributed by atoms with Crippen molar-refractivity contribution in [2.24, 2.45) is 5.92 Å². The number of carbonyl (C=O) groups excluding carboxylic acids is 1. The summed E-state index contributed by atoms with van der Waals surface area (Å²) in [5, 5.41) is 11.8. The molecule has 1 saturated heterocycles. The Kier molecular flexibility index (Phi) is 5.88. The lowest BCUT2D eigenvalue weighted by Crippen LogP contribution is -2.38. The van der Waals surface area contributed by atoms with Gasteiger partial charge in [-0.25, -0.2) is 4.98 Å². The predicted octanol–water partition coefficient (Wildman–Crippen LogP) is 3.36. The number of aromatic nitrogens is 1. The Morgan fingerprint density at radius 2 is 2.12 bits per heavy atom. The van der Waals surface area contributed by atoms with Crippen LogP contribution < -0.4 is 4.74 Å². The Bertz CT molecular complexity index is 781. The van der Waals surface area contributed by atoms with Crippen LogP contribution in [-0.2, 0) is 11.4 Å². The zero-order valence-electron chi connectivity index (χ0n) is 14.7. The number of amides is 1. The number of benzene rings is 1. The zero-order valence-corrected chi connectivity index (χ0v) is 15.5. The average Bonchev–Trinajstić information content (AvgIpc) is 3.05. The molecule has 1 aliphatic rings. The minimum atomic E-state index is -0.769. The van der Waals surface area contributed by atoms with Gasteiger partial charge in [-0.15, -0.1) is 11.3 Å². The highest BCUT2D eigenvalue weighted by Gasteiger charge is 2.25. The zero-order chi connectivity index (χ0) is 18.5. The first-order valence-corrected chi connectivity index (χ1v) is 9.54. The maximum Gasteiger partial charge on any atom is 0.303 e. The molecule has 2 aromatic rings. The molecule has 1 fully saturated rings. The third kappa shape index (κ3) is 4.82. The number of rotatable bonds is 6. The van der Waals surface area contributed by atoms with Gasteiger partial charge in [0.25, 0.3) is 5.91 Å². The summed E-state index contributed by atoms with van der Waals surface area (Å²) in [5.41, 5.74) is 1.47. The van der Waals surface area contributed by atoms with Gasteiger partial charge in [-0.2, -0.15) is 0 Å². The van der Waals surface area contributed by atoms with Crippen LogP contribution in [0.3, 0.4) is 0 Å². The van der Waals surface area contributed by atoms with Gasteiger partial charge in [-0.1, -0.05) is 6.07 Å². The second kappa shape index (κ2) is 8.31. The molecular formula is C19H22N2O4S. The SMILES string of the molecule is Cc1nc(COc2cccc(C(=O)N3CCC(CC(=O)O)CC3)c2)cs1. The summed E-state index contributed by atoms with van der Waals surface area (Å²) >= 11 is 1.58. The minimum absolute atomic E-state index is 0.0336. The van der Waals surface area contributed by atoms with Crippen molar-refractivity contribution in [3.63, 3.8) is 0 Å². The molecule has 26 heavy (non-hydrogen) atoms. The summed E-state index contributed by atoms with van der Waals surface area (Å²) in [4.78, 5) is 29.7. The van der Waals surface area contributed by atoms with Gasteiger partial charge in [-0.05, 0) is 43.9 Å². The lowest BCUT2D eigenvalue weighted by molar-refractivity contribution is -0.138. The highest BCUT2D eigenvalue weighted by molar-refractivity contribution is 7.09. The maximum atomic E-state index is 12.7. The van der Waals surface area contributed by atoms with Crippen LogP contribution in [0.1, 0.15) is 40.3 Å². The molecule has 0 bridgehead atoms. The smallest absolute Gasteiger partial charge is 0.303 e. The number of carboxylic acids is 1. The van der Waals surface area contributed by atoms with Crippen molar-refractivity contribution < 1.29 is 19.4 Å². The molecule has 2 heterocycles. The first kappa shape index (κ1) is 18.4. The quantitative estimate of drug-likeness (QED) is 0.839. The molecule has 1 aromatic carbocycles. The van der Waals surface area contributed by atoms with Crippen molar-refractivity contribution in [3.05, 3.63) is 45.9 Å². The second-order valence-corrected chi connectivity index (χ2v) is 7.57. The number of likely N-dealkylation sites (tertiary alicyclic amines) is 1. The van der Waals surface area contributed by atoms with E-state index in [1.54, 1.807) is 28.4 Å². The van der Waals surface area contributed by atoms with Crippen LogP contribution in [0.2, 0.25) is 0 Å². The van der Waals surface area contributed by atoms with Crippen LogP contribution in [0, 0.1) is 12.8 Å². The van der Waals surface area contributed by atoms with Crippen molar-refractivity contribution in [2.75, 3.05) is 13.1 Å². The van der Waals surface area contributed by atoms with E-state index in [9.17, 15) is 9.59 Å². The van der Waals surface area contributed by atoms with Crippen molar-refractivity contribution in [2.45, 2.75) is 32.8 Å². The fraction of sp³-hybridized carbons (Fsp3) is 0.421. The Hall–Kier alpha value is -2.41. The lowest BCUT2D eigenvalue weighted by atomic mass is 9.93. The van der Waals surface area contributed by atoms with Crippen LogP contribution in [0.15, 0.2) is 29.6 Å². The van der Waals surface area contributed by atoms with Crippen LogP contribution in [0.4, 0.5) is 0 Å². The van der Waals surface area contributed by atoms with Crippen LogP contribution in [-0.4, -0.2) is 40.0 Å². The summed E-state index contributed by atoms with van der Waals surface area (Å²) < 4.78 is 5.75. The van der Waals surface area contributed by atoms with Gasteiger partial charge < -0.3 is 14.7 Å². The van der Waals surface area contributed by atoms with Crippen LogP contribution in [0.25, 0.3) is 0 Å². The van der Waals surface area contributed by atoms with Crippen molar-refractivity contribution >= 4 is 23.2 Å². The minimum Gasteiger partial charge on any atom is -0.487 e. The Balaban J connectivity index is 1.57. The first-order chi connectivity index (χ1) is 12.5. The predicted molar refractivity (Wildman–Crippen MR) is 98.5 cm³/mol. The molecule has 7 heteroatoms. The van der Waals surface area contributed by atoms with Gasteiger partial charge >= 0.3 is 5.97 Å². The Morgan fingerprint density at radius 3 is 2.77 bits per heavy atom. The molecule has 3 rings (SSSR count). The van der Waals surface area contributed by atoms with Crippen LogP contribution in [0.5, 0.6) is 5.75 Å². The first-order valence-electron chi connectivity index (χ1n) is 8.66. The second-order valence-electron chi connectivity index (χ2n) is 6.51. The maximum absolute atomic E-state index is 12.7. The molecule has 0 aliphatic carbocycles. The molecule has 1 aliphatic heterocycles. The molecule has 1 aromatic heterocycles. The summed E-state index contributed by atoms with van der Waals surface area (Å²) in [6, 6.07) is 7.18. The lowest BCUT2D eigenvalue weighted by Gasteiger charge is -2.31. The van der Waals surface area contributed by atoms with Gasteiger partial charge in [0.15, 0.2) is 0 Å². The van der Waals surface area contributed by atoms with Gasteiger partial charge in [0.1, 0.15) is 12.4 Å². The Labute approximate surface area is 156 Å². The normalized spacial score (nSPS) is 15.0. The number of nitrogens with zero attached hydrogens (tertiary/aromatic N) is 2. The summed E-state index contributed by atoms with van der Waals surface area (Å²) in [6.07, 6.45) is 1.65. The number of aryl methyl sites for hydroxylation is 1. The molecule has 138 valence electrons. The average molecular weight is 374 g/mol.